The molecule has 23 heavy (non-hydrogen) atoms. The van der Waals surface area contributed by atoms with E-state index in [-0.39, 0.29) is 12.4 Å². The molecule has 124 valence electrons. The number of nitrogens with one attached hydrogen (secondary N) is 2. The average Bonchev–Trinajstić information content (AvgIpc) is 2.55. The second-order valence-corrected chi connectivity index (χ2v) is 7.26. The first kappa shape index (κ1) is 17.9. The van der Waals surface area contributed by atoms with Crippen molar-refractivity contribution >= 4 is 22.4 Å². The fraction of sp³-hybridized carbons (Fsp3) is 0.294. The lowest BCUT2D eigenvalue weighted by molar-refractivity contribution is 0.580. The first-order valence-corrected chi connectivity index (χ1v) is 8.99. The van der Waals surface area contributed by atoms with Crippen LogP contribution in [-0.4, -0.2) is 21.5 Å². The van der Waals surface area contributed by atoms with Gasteiger partial charge in [-0.25, -0.2) is 13.1 Å². The summed E-state index contributed by atoms with van der Waals surface area (Å²) >= 11 is 0. The summed E-state index contributed by atoms with van der Waals surface area (Å²) in [6.45, 7) is 2.10. The van der Waals surface area contributed by atoms with Crippen molar-refractivity contribution in [2.75, 3.05) is 13.1 Å². The molecule has 2 aromatic rings. The van der Waals surface area contributed by atoms with Crippen LogP contribution in [0.2, 0.25) is 0 Å². The number of rotatable bonds is 5. The number of halogens is 1. The molecule has 4 nitrogen and oxygen atoms in total. The summed E-state index contributed by atoms with van der Waals surface area (Å²) in [5.74, 6) is 0. The quantitative estimate of drug-likeness (QED) is 0.868. The van der Waals surface area contributed by atoms with Gasteiger partial charge in [-0.1, -0.05) is 36.4 Å². The van der Waals surface area contributed by atoms with Crippen molar-refractivity contribution in [3.05, 3.63) is 65.2 Å². The van der Waals surface area contributed by atoms with Gasteiger partial charge in [-0.05, 0) is 48.2 Å². The number of benzene rings is 2. The molecule has 1 aliphatic rings. The van der Waals surface area contributed by atoms with Crippen LogP contribution in [0.4, 0.5) is 0 Å². The number of hydrogen-bond donors (Lipinski definition) is 2. The Morgan fingerprint density at radius 1 is 1.04 bits per heavy atom. The van der Waals surface area contributed by atoms with Gasteiger partial charge in [0.2, 0.25) is 10.0 Å². The standard InChI is InChI=1S/C17H20N2O2S.ClH/c20-22(21,19-11-8-14-4-2-1-3-5-14)17-7-6-15-9-10-18-13-16(15)12-17;/h1-7,12,18-19H,8-11,13H2;1H. The fourth-order valence-corrected chi connectivity index (χ4v) is 3.76. The monoisotopic (exact) mass is 352 g/mol. The van der Waals surface area contributed by atoms with Crippen molar-refractivity contribution in [1.29, 1.82) is 0 Å². The third-order valence-electron chi connectivity index (χ3n) is 3.92. The molecule has 6 heteroatoms. The zero-order valence-electron chi connectivity index (χ0n) is 12.8. The van der Waals surface area contributed by atoms with Gasteiger partial charge in [0.05, 0.1) is 4.90 Å². The zero-order valence-corrected chi connectivity index (χ0v) is 14.4. The minimum absolute atomic E-state index is 0. The second kappa shape index (κ2) is 7.93. The highest BCUT2D eigenvalue weighted by atomic mass is 35.5. The van der Waals surface area contributed by atoms with Crippen molar-refractivity contribution in [2.24, 2.45) is 0 Å². The minimum Gasteiger partial charge on any atom is -0.312 e. The molecule has 0 bridgehead atoms. The van der Waals surface area contributed by atoms with Gasteiger partial charge in [-0.2, -0.15) is 0 Å². The van der Waals surface area contributed by atoms with E-state index in [4.69, 9.17) is 0 Å². The van der Waals surface area contributed by atoms with Crippen LogP contribution in [0.15, 0.2) is 53.4 Å². The summed E-state index contributed by atoms with van der Waals surface area (Å²) in [7, 11) is -3.44. The molecule has 3 rings (SSSR count). The fourth-order valence-electron chi connectivity index (χ4n) is 2.68. The van der Waals surface area contributed by atoms with E-state index < -0.39 is 10.0 Å². The Balaban J connectivity index is 0.00000192. The predicted molar refractivity (Wildman–Crippen MR) is 94.4 cm³/mol. The molecule has 0 radical (unpaired) electrons. The van der Waals surface area contributed by atoms with E-state index in [0.29, 0.717) is 17.9 Å². The molecule has 1 aliphatic heterocycles. The Hall–Kier alpha value is -1.40. The van der Waals surface area contributed by atoms with E-state index in [1.807, 2.05) is 36.4 Å². The molecule has 0 amide bonds. The summed E-state index contributed by atoms with van der Waals surface area (Å²) in [4.78, 5) is 0.350. The lowest BCUT2D eigenvalue weighted by atomic mass is 10.0. The average molecular weight is 353 g/mol. The topological polar surface area (TPSA) is 58.2 Å². The van der Waals surface area contributed by atoms with E-state index >= 15 is 0 Å². The molecule has 1 heterocycles. The van der Waals surface area contributed by atoms with Gasteiger partial charge in [0.25, 0.3) is 0 Å². The molecule has 0 atom stereocenters. The Morgan fingerprint density at radius 2 is 1.83 bits per heavy atom. The predicted octanol–water partition coefficient (Wildman–Crippen LogP) is 2.28. The van der Waals surface area contributed by atoms with E-state index in [0.717, 1.165) is 30.6 Å². The molecule has 0 spiro atoms. The Kier molecular flexibility index (Phi) is 6.18. The SMILES string of the molecule is Cl.O=S(=O)(NCCc1ccccc1)c1ccc2c(c1)CNCC2. The normalized spacial score (nSPS) is 13.9. The van der Waals surface area contributed by atoms with Gasteiger partial charge in [0.1, 0.15) is 0 Å². The Bertz CT molecular complexity index is 748. The van der Waals surface area contributed by atoms with Gasteiger partial charge < -0.3 is 5.32 Å². The van der Waals surface area contributed by atoms with Gasteiger partial charge in [-0.3, -0.25) is 0 Å². The summed E-state index contributed by atoms with van der Waals surface area (Å²) in [5.41, 5.74) is 3.44. The van der Waals surface area contributed by atoms with Gasteiger partial charge in [-0.15, -0.1) is 12.4 Å². The van der Waals surface area contributed by atoms with Crippen molar-refractivity contribution < 1.29 is 8.42 Å². The molecule has 0 aromatic heterocycles. The Labute approximate surface area is 143 Å². The molecular weight excluding hydrogens is 332 g/mol. The van der Waals surface area contributed by atoms with Crippen LogP contribution < -0.4 is 10.0 Å². The number of sulfonamides is 1. The highest BCUT2D eigenvalue weighted by Gasteiger charge is 2.17. The van der Waals surface area contributed by atoms with Gasteiger partial charge in [0, 0.05) is 13.1 Å². The molecule has 0 aliphatic carbocycles. The van der Waals surface area contributed by atoms with Crippen LogP contribution in [0.5, 0.6) is 0 Å². The van der Waals surface area contributed by atoms with Crippen LogP contribution in [0.25, 0.3) is 0 Å². The summed E-state index contributed by atoms with van der Waals surface area (Å²) in [6, 6.07) is 15.3. The van der Waals surface area contributed by atoms with Gasteiger partial charge >= 0.3 is 0 Å². The first-order valence-electron chi connectivity index (χ1n) is 7.51. The molecule has 2 aromatic carbocycles. The highest BCUT2D eigenvalue weighted by Crippen LogP contribution is 2.18. The molecule has 2 N–H and O–H groups in total. The van der Waals surface area contributed by atoms with Crippen molar-refractivity contribution in [3.8, 4) is 0 Å². The molecular formula is C17H21ClN2O2S. The van der Waals surface area contributed by atoms with E-state index in [1.165, 1.54) is 5.56 Å². The smallest absolute Gasteiger partial charge is 0.240 e. The van der Waals surface area contributed by atoms with Gasteiger partial charge in [0.15, 0.2) is 0 Å². The van der Waals surface area contributed by atoms with Crippen LogP contribution in [-0.2, 0) is 29.4 Å². The third kappa shape index (κ3) is 4.54. The van der Waals surface area contributed by atoms with E-state index in [9.17, 15) is 8.42 Å². The highest BCUT2D eigenvalue weighted by molar-refractivity contribution is 7.89. The first-order chi connectivity index (χ1) is 10.6. The Morgan fingerprint density at radius 3 is 2.61 bits per heavy atom. The number of fused-ring (bicyclic) bond motifs is 1. The molecule has 0 saturated heterocycles. The lowest BCUT2D eigenvalue weighted by Gasteiger charge is -2.18. The summed E-state index contributed by atoms with van der Waals surface area (Å²) < 4.78 is 27.4. The molecule has 0 unspecified atom stereocenters. The van der Waals surface area contributed by atoms with Crippen LogP contribution in [0.3, 0.4) is 0 Å². The maximum absolute atomic E-state index is 12.4. The maximum Gasteiger partial charge on any atom is 0.240 e. The lowest BCUT2D eigenvalue weighted by Crippen LogP contribution is -2.27. The van der Waals surface area contributed by atoms with Crippen LogP contribution in [0.1, 0.15) is 16.7 Å². The maximum atomic E-state index is 12.4. The third-order valence-corrected chi connectivity index (χ3v) is 5.38. The zero-order chi connectivity index (χ0) is 15.4. The van der Waals surface area contributed by atoms with E-state index in [2.05, 4.69) is 10.0 Å². The van der Waals surface area contributed by atoms with Crippen molar-refractivity contribution in [1.82, 2.24) is 10.0 Å². The minimum atomic E-state index is -3.44. The largest absolute Gasteiger partial charge is 0.312 e. The summed E-state index contributed by atoms with van der Waals surface area (Å²) in [6.07, 6.45) is 1.64. The van der Waals surface area contributed by atoms with Crippen molar-refractivity contribution in [3.63, 3.8) is 0 Å². The van der Waals surface area contributed by atoms with Crippen LogP contribution in [0, 0.1) is 0 Å². The van der Waals surface area contributed by atoms with Crippen LogP contribution >= 0.6 is 12.4 Å². The second-order valence-electron chi connectivity index (χ2n) is 5.49. The van der Waals surface area contributed by atoms with E-state index in [1.54, 1.807) is 12.1 Å². The summed E-state index contributed by atoms with van der Waals surface area (Å²) in [5, 5.41) is 3.27. The molecule has 0 fully saturated rings. The van der Waals surface area contributed by atoms with Crippen molar-refractivity contribution in [2.45, 2.75) is 24.3 Å². The molecule has 0 saturated carbocycles. The number of hydrogen-bond acceptors (Lipinski definition) is 3.